The summed E-state index contributed by atoms with van der Waals surface area (Å²) in [5, 5.41) is 2.80. The summed E-state index contributed by atoms with van der Waals surface area (Å²) in [6, 6.07) is 3.43. The molecule has 0 aliphatic carbocycles. The fourth-order valence-electron chi connectivity index (χ4n) is 3.62. The van der Waals surface area contributed by atoms with Crippen molar-refractivity contribution in [3.8, 4) is 0 Å². The first kappa shape index (κ1) is 21.2. The van der Waals surface area contributed by atoms with E-state index in [0.29, 0.717) is 32.8 Å². The largest absolute Gasteiger partial charge is 0.379 e. The quantitative estimate of drug-likeness (QED) is 0.699. The molecular formula is C19H23FN4O4S2. The highest BCUT2D eigenvalue weighted by molar-refractivity contribution is 7.89. The topological polar surface area (TPSA) is 83.0 Å². The Morgan fingerprint density at radius 2 is 1.90 bits per heavy atom. The maximum absolute atomic E-state index is 14.5. The van der Waals surface area contributed by atoms with Crippen LogP contribution in [0.25, 0.3) is 0 Å². The van der Waals surface area contributed by atoms with E-state index in [9.17, 15) is 17.6 Å². The maximum Gasteiger partial charge on any atom is 0.256 e. The van der Waals surface area contributed by atoms with Gasteiger partial charge < -0.3 is 14.5 Å². The first-order chi connectivity index (χ1) is 14.5. The molecule has 3 heterocycles. The third kappa shape index (κ3) is 4.34. The summed E-state index contributed by atoms with van der Waals surface area (Å²) in [6.07, 6.45) is 2.46. The molecule has 8 nitrogen and oxygen atoms in total. The molecule has 0 bridgehead atoms. The summed E-state index contributed by atoms with van der Waals surface area (Å²) in [7, 11) is -3.81. The fourth-order valence-corrected chi connectivity index (χ4v) is 5.75. The number of carbonyl (C=O) groups excluding carboxylic acids is 1. The second-order valence-electron chi connectivity index (χ2n) is 7.11. The van der Waals surface area contributed by atoms with E-state index >= 15 is 0 Å². The standard InChI is InChI=1S/C19H23FN4O4S2/c20-17-3-2-15(30(26,27)24-9-11-28-12-10-24)14-16(17)18(25)22-5-1-6-23(8-7-22)19-21-4-13-29-19/h2-4,13-14H,1,5-12H2. The van der Waals surface area contributed by atoms with Gasteiger partial charge in [0.2, 0.25) is 10.0 Å². The molecule has 2 saturated heterocycles. The van der Waals surface area contributed by atoms with Gasteiger partial charge in [-0.3, -0.25) is 4.79 Å². The van der Waals surface area contributed by atoms with Crippen molar-refractivity contribution < 1.29 is 22.3 Å². The molecule has 0 atom stereocenters. The molecule has 2 aliphatic rings. The molecule has 0 spiro atoms. The van der Waals surface area contributed by atoms with Crippen LogP contribution < -0.4 is 4.90 Å². The number of nitrogens with zero attached hydrogens (tertiary/aromatic N) is 4. The SMILES string of the molecule is O=C(c1cc(S(=O)(=O)N2CCOCC2)ccc1F)N1CCCN(c2nccs2)CC1. The Morgan fingerprint density at radius 3 is 2.63 bits per heavy atom. The minimum atomic E-state index is -3.81. The lowest BCUT2D eigenvalue weighted by Gasteiger charge is -2.26. The number of thiazole rings is 1. The lowest BCUT2D eigenvalue weighted by Crippen LogP contribution is -2.40. The average molecular weight is 455 g/mol. The number of carbonyl (C=O) groups is 1. The highest BCUT2D eigenvalue weighted by Crippen LogP contribution is 2.23. The molecule has 2 aliphatic heterocycles. The van der Waals surface area contributed by atoms with E-state index in [1.54, 1.807) is 11.1 Å². The van der Waals surface area contributed by atoms with E-state index in [-0.39, 0.29) is 23.5 Å². The van der Waals surface area contributed by atoms with Crippen LogP contribution in [0.4, 0.5) is 9.52 Å². The van der Waals surface area contributed by atoms with Crippen molar-refractivity contribution in [1.29, 1.82) is 0 Å². The number of rotatable bonds is 4. The summed E-state index contributed by atoms with van der Waals surface area (Å²) in [5.74, 6) is -1.21. The minimum Gasteiger partial charge on any atom is -0.379 e. The third-order valence-electron chi connectivity index (χ3n) is 5.25. The number of hydrogen-bond acceptors (Lipinski definition) is 7. The van der Waals surface area contributed by atoms with Crippen LogP contribution in [0.2, 0.25) is 0 Å². The lowest BCUT2D eigenvalue weighted by atomic mass is 10.2. The zero-order valence-electron chi connectivity index (χ0n) is 16.4. The molecule has 1 amide bonds. The fraction of sp³-hybridized carbons (Fsp3) is 0.474. The van der Waals surface area contributed by atoms with Gasteiger partial charge >= 0.3 is 0 Å². The molecule has 1 aromatic carbocycles. The van der Waals surface area contributed by atoms with Crippen LogP contribution in [-0.4, -0.2) is 81.0 Å². The predicted octanol–water partition coefficient (Wildman–Crippen LogP) is 1.66. The highest BCUT2D eigenvalue weighted by Gasteiger charge is 2.29. The molecule has 0 saturated carbocycles. The number of benzene rings is 1. The van der Waals surface area contributed by atoms with Crippen molar-refractivity contribution in [3.05, 3.63) is 41.2 Å². The molecule has 0 radical (unpaired) electrons. The zero-order valence-corrected chi connectivity index (χ0v) is 18.0. The van der Waals surface area contributed by atoms with Crippen molar-refractivity contribution in [2.75, 3.05) is 57.4 Å². The molecule has 2 fully saturated rings. The van der Waals surface area contributed by atoms with Gasteiger partial charge in [0.1, 0.15) is 5.82 Å². The van der Waals surface area contributed by atoms with Gasteiger partial charge in [0, 0.05) is 50.8 Å². The van der Waals surface area contributed by atoms with Crippen LogP contribution in [0.5, 0.6) is 0 Å². The first-order valence-corrected chi connectivity index (χ1v) is 12.1. The molecule has 2 aromatic rings. The van der Waals surface area contributed by atoms with Gasteiger partial charge in [0.25, 0.3) is 5.91 Å². The van der Waals surface area contributed by atoms with E-state index in [1.807, 2.05) is 5.38 Å². The normalized spacial score (nSPS) is 19.0. The second kappa shape index (κ2) is 8.96. The van der Waals surface area contributed by atoms with E-state index in [4.69, 9.17) is 4.74 Å². The Kier molecular flexibility index (Phi) is 6.32. The van der Waals surface area contributed by atoms with Crippen molar-refractivity contribution >= 4 is 32.4 Å². The van der Waals surface area contributed by atoms with Gasteiger partial charge in [-0.05, 0) is 24.6 Å². The predicted molar refractivity (Wildman–Crippen MR) is 111 cm³/mol. The number of halogens is 1. The third-order valence-corrected chi connectivity index (χ3v) is 7.98. The lowest BCUT2D eigenvalue weighted by molar-refractivity contribution is 0.0729. The molecule has 0 N–H and O–H groups in total. The van der Waals surface area contributed by atoms with Gasteiger partial charge in [-0.15, -0.1) is 11.3 Å². The van der Waals surface area contributed by atoms with Gasteiger partial charge in [-0.1, -0.05) is 0 Å². The Morgan fingerprint density at radius 1 is 1.10 bits per heavy atom. The Bertz CT molecular complexity index is 994. The van der Waals surface area contributed by atoms with Gasteiger partial charge in [-0.2, -0.15) is 4.31 Å². The number of sulfonamides is 1. The Hall–Kier alpha value is -2.08. The second-order valence-corrected chi connectivity index (χ2v) is 9.92. The van der Waals surface area contributed by atoms with Crippen molar-refractivity contribution in [2.45, 2.75) is 11.3 Å². The molecule has 30 heavy (non-hydrogen) atoms. The van der Waals surface area contributed by atoms with Crippen LogP contribution in [0.1, 0.15) is 16.8 Å². The van der Waals surface area contributed by atoms with E-state index in [2.05, 4.69) is 9.88 Å². The van der Waals surface area contributed by atoms with Gasteiger partial charge in [0.15, 0.2) is 5.13 Å². The van der Waals surface area contributed by atoms with Gasteiger partial charge in [-0.25, -0.2) is 17.8 Å². The Balaban J connectivity index is 1.53. The molecule has 162 valence electrons. The van der Waals surface area contributed by atoms with Crippen LogP contribution in [-0.2, 0) is 14.8 Å². The van der Waals surface area contributed by atoms with Crippen LogP contribution in [0, 0.1) is 5.82 Å². The average Bonchev–Trinajstić information content (AvgIpc) is 3.19. The van der Waals surface area contributed by atoms with Crippen LogP contribution in [0.3, 0.4) is 0 Å². The molecule has 4 rings (SSSR count). The zero-order chi connectivity index (χ0) is 21.1. The van der Waals surface area contributed by atoms with Crippen molar-refractivity contribution in [2.24, 2.45) is 0 Å². The first-order valence-electron chi connectivity index (χ1n) is 9.78. The number of aromatic nitrogens is 1. The van der Waals surface area contributed by atoms with Crippen LogP contribution >= 0.6 is 11.3 Å². The van der Waals surface area contributed by atoms with E-state index in [1.165, 1.54) is 21.7 Å². The highest BCUT2D eigenvalue weighted by atomic mass is 32.2. The summed E-state index contributed by atoms with van der Waals surface area (Å²) in [5.41, 5.74) is -0.216. The minimum absolute atomic E-state index is 0.0756. The number of ether oxygens (including phenoxy) is 1. The molecule has 1 aromatic heterocycles. The number of anilines is 1. The van der Waals surface area contributed by atoms with Crippen molar-refractivity contribution in [3.63, 3.8) is 0 Å². The molecular weight excluding hydrogens is 431 g/mol. The number of morpholine rings is 1. The summed E-state index contributed by atoms with van der Waals surface area (Å²) < 4.78 is 46.8. The maximum atomic E-state index is 14.5. The van der Waals surface area contributed by atoms with E-state index < -0.39 is 21.7 Å². The molecule has 0 unspecified atom stereocenters. The molecule has 11 heteroatoms. The van der Waals surface area contributed by atoms with E-state index in [0.717, 1.165) is 30.2 Å². The van der Waals surface area contributed by atoms with Crippen molar-refractivity contribution in [1.82, 2.24) is 14.2 Å². The summed E-state index contributed by atoms with van der Waals surface area (Å²) >= 11 is 1.54. The summed E-state index contributed by atoms with van der Waals surface area (Å²) in [4.78, 5) is 21.0. The number of amides is 1. The van der Waals surface area contributed by atoms with Crippen LogP contribution in [0.15, 0.2) is 34.7 Å². The number of hydrogen-bond donors (Lipinski definition) is 0. The van der Waals surface area contributed by atoms with Gasteiger partial charge in [0.05, 0.1) is 23.7 Å². The summed E-state index contributed by atoms with van der Waals surface area (Å²) in [6.45, 7) is 3.34. The monoisotopic (exact) mass is 454 g/mol. The Labute approximate surface area is 178 Å². The smallest absolute Gasteiger partial charge is 0.256 e.